The molecule has 0 amide bonds. The highest BCUT2D eigenvalue weighted by atomic mass is 14.9. The van der Waals surface area contributed by atoms with Gasteiger partial charge in [-0.25, -0.2) is 0 Å². The summed E-state index contributed by atoms with van der Waals surface area (Å²) in [6.45, 7) is 18.9. The molecule has 1 heterocycles. The van der Waals surface area contributed by atoms with Crippen molar-refractivity contribution in [3.63, 3.8) is 0 Å². The maximum Gasteiger partial charge on any atom is 0.168 e. The van der Waals surface area contributed by atoms with E-state index in [1.165, 1.54) is 23.9 Å². The summed E-state index contributed by atoms with van der Waals surface area (Å²) in [5.41, 5.74) is 4.42. The monoisotopic (exact) mass is 366 g/mol. The lowest BCUT2D eigenvalue weighted by Crippen LogP contribution is -2.42. The zero-order valence-electron chi connectivity index (χ0n) is 18.2. The van der Waals surface area contributed by atoms with E-state index in [1.807, 2.05) is 7.05 Å². The van der Waals surface area contributed by atoms with Crippen molar-refractivity contribution in [1.29, 1.82) is 0 Å². The molecule has 0 bridgehead atoms. The van der Waals surface area contributed by atoms with Crippen LogP contribution in [0.15, 0.2) is 54.9 Å². The molecule has 148 valence electrons. The Kier molecular flexibility index (Phi) is 7.25. The quantitative estimate of drug-likeness (QED) is 0.519. The SMILES string of the molecule is C=C(CC(NC(=C)CCCc1ccccc1)B1CC(C)(C)C(C)(C)C1)NC. The van der Waals surface area contributed by atoms with E-state index in [-0.39, 0.29) is 0 Å². The minimum atomic E-state index is 0.368. The summed E-state index contributed by atoms with van der Waals surface area (Å²) in [5, 5.41) is 7.02. The van der Waals surface area contributed by atoms with Crippen LogP contribution in [0.5, 0.6) is 0 Å². The van der Waals surface area contributed by atoms with Crippen LogP contribution in [0.2, 0.25) is 12.6 Å². The predicted octanol–water partition coefficient (Wildman–Crippen LogP) is 5.70. The molecule has 0 spiro atoms. The van der Waals surface area contributed by atoms with Crippen LogP contribution < -0.4 is 10.6 Å². The fraction of sp³-hybridized carbons (Fsp3) is 0.583. The molecule has 2 N–H and O–H groups in total. The summed E-state index contributed by atoms with van der Waals surface area (Å²) < 4.78 is 0. The zero-order valence-corrected chi connectivity index (χ0v) is 18.2. The van der Waals surface area contributed by atoms with Crippen molar-refractivity contribution in [1.82, 2.24) is 10.6 Å². The molecule has 1 atom stereocenters. The number of nitrogens with one attached hydrogen (secondary N) is 2. The molecule has 1 saturated heterocycles. The molecule has 27 heavy (non-hydrogen) atoms. The minimum Gasteiger partial charge on any atom is -0.393 e. The van der Waals surface area contributed by atoms with Gasteiger partial charge in [0.15, 0.2) is 6.71 Å². The second-order valence-electron chi connectivity index (χ2n) is 9.69. The number of rotatable bonds is 10. The van der Waals surface area contributed by atoms with Gasteiger partial charge in [-0.15, -0.1) is 0 Å². The second kappa shape index (κ2) is 9.04. The number of hydrogen-bond donors (Lipinski definition) is 2. The number of benzene rings is 1. The third-order valence-corrected chi connectivity index (χ3v) is 6.94. The molecule has 0 saturated carbocycles. The highest BCUT2D eigenvalue weighted by Gasteiger charge is 2.50. The standard InChI is InChI=1S/C24H39BN2/c1-19(12-11-15-21-13-9-8-10-14-21)27-22(16-20(2)26-7)25-17-23(3,4)24(5,6)18-25/h8-10,13-14,22,26-27H,1-2,11-12,15-18H2,3-7H3. The molecule has 3 heteroatoms. The van der Waals surface area contributed by atoms with Crippen LogP contribution in [-0.4, -0.2) is 19.7 Å². The smallest absolute Gasteiger partial charge is 0.168 e. The average Bonchev–Trinajstić information content (AvgIpc) is 2.83. The summed E-state index contributed by atoms with van der Waals surface area (Å²) in [5.74, 6) is 0.412. The van der Waals surface area contributed by atoms with E-state index in [0.29, 0.717) is 23.5 Å². The van der Waals surface area contributed by atoms with Crippen LogP contribution in [0, 0.1) is 10.8 Å². The Hall–Kier alpha value is -1.64. The van der Waals surface area contributed by atoms with E-state index in [4.69, 9.17) is 0 Å². The topological polar surface area (TPSA) is 24.1 Å². The highest BCUT2D eigenvalue weighted by molar-refractivity contribution is 6.62. The van der Waals surface area contributed by atoms with Crippen molar-refractivity contribution >= 4 is 6.71 Å². The summed E-state index contributed by atoms with van der Waals surface area (Å²) in [4.78, 5) is 0. The predicted molar refractivity (Wildman–Crippen MR) is 121 cm³/mol. The molecule has 0 radical (unpaired) electrons. The molecule has 2 nitrogen and oxygen atoms in total. The van der Waals surface area contributed by atoms with Crippen molar-refractivity contribution < 1.29 is 0 Å². The van der Waals surface area contributed by atoms with Crippen LogP contribution in [0.1, 0.15) is 52.5 Å². The molecule has 1 aromatic carbocycles. The third-order valence-electron chi connectivity index (χ3n) is 6.94. The Morgan fingerprint density at radius 1 is 1.04 bits per heavy atom. The molecule has 1 fully saturated rings. The average molecular weight is 366 g/mol. The van der Waals surface area contributed by atoms with E-state index in [1.54, 1.807) is 0 Å². The van der Waals surface area contributed by atoms with Gasteiger partial charge in [0.05, 0.1) is 0 Å². The van der Waals surface area contributed by atoms with Gasteiger partial charge in [-0.3, -0.25) is 0 Å². The summed E-state index contributed by atoms with van der Waals surface area (Å²) in [6.07, 6.45) is 6.75. The first-order valence-corrected chi connectivity index (χ1v) is 10.5. The Balaban J connectivity index is 1.94. The molecule has 0 aromatic heterocycles. The lowest BCUT2D eigenvalue weighted by Gasteiger charge is -2.35. The number of allylic oxidation sites excluding steroid dienone is 1. The maximum atomic E-state index is 4.34. The van der Waals surface area contributed by atoms with Gasteiger partial charge in [0.25, 0.3) is 0 Å². The Bertz CT molecular complexity index is 617. The fourth-order valence-corrected chi connectivity index (χ4v) is 4.41. The van der Waals surface area contributed by atoms with Crippen LogP contribution in [0.3, 0.4) is 0 Å². The zero-order chi connectivity index (χ0) is 20.1. The molecule has 1 aliphatic heterocycles. The van der Waals surface area contributed by atoms with Gasteiger partial charge in [-0.2, -0.15) is 0 Å². The summed E-state index contributed by atoms with van der Waals surface area (Å²) >= 11 is 0. The number of hydrogen-bond acceptors (Lipinski definition) is 2. The molecular weight excluding hydrogens is 327 g/mol. The van der Waals surface area contributed by atoms with E-state index in [9.17, 15) is 0 Å². The number of aryl methyl sites for hydroxylation is 1. The van der Waals surface area contributed by atoms with Gasteiger partial charge < -0.3 is 10.6 Å². The van der Waals surface area contributed by atoms with Crippen LogP contribution >= 0.6 is 0 Å². The van der Waals surface area contributed by atoms with E-state index in [0.717, 1.165) is 31.4 Å². The van der Waals surface area contributed by atoms with E-state index >= 15 is 0 Å². The fourth-order valence-electron chi connectivity index (χ4n) is 4.41. The summed E-state index contributed by atoms with van der Waals surface area (Å²) in [6, 6.07) is 10.7. The van der Waals surface area contributed by atoms with Gasteiger partial charge >= 0.3 is 0 Å². The first-order valence-electron chi connectivity index (χ1n) is 10.5. The van der Waals surface area contributed by atoms with Gasteiger partial charge in [0.2, 0.25) is 0 Å². The van der Waals surface area contributed by atoms with E-state index in [2.05, 4.69) is 81.8 Å². The van der Waals surface area contributed by atoms with Crippen LogP contribution in [0.4, 0.5) is 0 Å². The second-order valence-corrected chi connectivity index (χ2v) is 9.69. The first-order chi connectivity index (χ1) is 12.6. The van der Waals surface area contributed by atoms with Gasteiger partial charge in [0, 0.05) is 24.4 Å². The molecule has 0 aliphatic carbocycles. The lowest BCUT2D eigenvalue weighted by atomic mass is 9.40. The van der Waals surface area contributed by atoms with Crippen LogP contribution in [0.25, 0.3) is 0 Å². The van der Waals surface area contributed by atoms with Crippen molar-refractivity contribution in [2.24, 2.45) is 10.8 Å². The third kappa shape index (κ3) is 5.92. The minimum absolute atomic E-state index is 0.368. The van der Waals surface area contributed by atoms with Crippen molar-refractivity contribution in [2.75, 3.05) is 7.05 Å². The van der Waals surface area contributed by atoms with E-state index < -0.39 is 0 Å². The van der Waals surface area contributed by atoms with Gasteiger partial charge in [-0.1, -0.05) is 83.8 Å². The van der Waals surface area contributed by atoms with Gasteiger partial charge in [0.1, 0.15) is 0 Å². The largest absolute Gasteiger partial charge is 0.393 e. The Morgan fingerprint density at radius 3 is 2.19 bits per heavy atom. The van der Waals surface area contributed by atoms with Crippen LogP contribution in [-0.2, 0) is 6.42 Å². The summed E-state index contributed by atoms with van der Waals surface area (Å²) in [7, 11) is 1.97. The van der Waals surface area contributed by atoms with Crippen molar-refractivity contribution in [3.8, 4) is 0 Å². The Labute approximate surface area is 168 Å². The molecule has 1 unspecified atom stereocenters. The van der Waals surface area contributed by atoms with Crippen molar-refractivity contribution in [3.05, 3.63) is 60.4 Å². The lowest BCUT2D eigenvalue weighted by molar-refractivity contribution is 0.177. The van der Waals surface area contributed by atoms with Crippen molar-refractivity contribution in [2.45, 2.75) is 72.0 Å². The molecule has 2 rings (SSSR count). The first kappa shape index (κ1) is 21.7. The maximum absolute atomic E-state index is 4.34. The molecule has 1 aliphatic rings. The molecule has 1 aromatic rings. The normalized spacial score (nSPS) is 18.8. The Morgan fingerprint density at radius 2 is 1.63 bits per heavy atom. The highest BCUT2D eigenvalue weighted by Crippen LogP contribution is 2.53. The van der Waals surface area contributed by atoms with Gasteiger partial charge in [-0.05, 0) is 42.1 Å². The molecular formula is C24H39BN2.